The van der Waals surface area contributed by atoms with Gasteiger partial charge in [0.1, 0.15) is 5.82 Å². The fourth-order valence-corrected chi connectivity index (χ4v) is 2.69. The molecular weight excluding hydrogens is 277 g/mol. The third-order valence-electron chi connectivity index (χ3n) is 2.93. The fraction of sp³-hybridized carbons (Fsp3) is 0.133. The predicted octanol–water partition coefficient (Wildman–Crippen LogP) is 3.71. The molecule has 2 aromatic rings. The van der Waals surface area contributed by atoms with Gasteiger partial charge >= 0.3 is 5.97 Å². The molecule has 0 saturated carbocycles. The lowest BCUT2D eigenvalue weighted by atomic mass is 10.1. The van der Waals surface area contributed by atoms with Gasteiger partial charge in [-0.1, -0.05) is 0 Å². The van der Waals surface area contributed by atoms with E-state index >= 15 is 0 Å². The monoisotopic (exact) mass is 291 g/mol. The molecule has 20 heavy (non-hydrogen) atoms. The Morgan fingerprint density at radius 3 is 2.70 bits per heavy atom. The number of hydrogen-bond donors (Lipinski definition) is 2. The second-order valence-electron chi connectivity index (χ2n) is 4.42. The maximum absolute atomic E-state index is 13.7. The van der Waals surface area contributed by atoms with Crippen molar-refractivity contribution in [3.05, 3.63) is 58.9 Å². The summed E-state index contributed by atoms with van der Waals surface area (Å²) in [7, 11) is 0. The zero-order chi connectivity index (χ0) is 14.7. The summed E-state index contributed by atoms with van der Waals surface area (Å²) in [6, 6.07) is 9.42. The van der Waals surface area contributed by atoms with Crippen LogP contribution < -0.4 is 5.73 Å². The molecule has 0 fully saturated rings. The molecule has 0 saturated heterocycles. The molecule has 0 heterocycles. The number of halogens is 1. The lowest BCUT2D eigenvalue weighted by Gasteiger charge is -2.07. The largest absolute Gasteiger partial charge is 0.478 e. The molecule has 0 amide bonds. The summed E-state index contributed by atoms with van der Waals surface area (Å²) in [5.41, 5.74) is 7.89. The van der Waals surface area contributed by atoms with E-state index in [0.717, 1.165) is 10.5 Å². The molecule has 2 rings (SSSR count). The van der Waals surface area contributed by atoms with E-state index in [1.54, 1.807) is 0 Å². The first-order valence-corrected chi connectivity index (χ1v) is 6.96. The van der Waals surface area contributed by atoms with Gasteiger partial charge in [0.25, 0.3) is 0 Å². The number of hydrogen-bond acceptors (Lipinski definition) is 3. The van der Waals surface area contributed by atoms with Crippen LogP contribution in [0.3, 0.4) is 0 Å². The van der Waals surface area contributed by atoms with E-state index < -0.39 is 11.8 Å². The Labute approximate surface area is 120 Å². The van der Waals surface area contributed by atoms with Crippen LogP contribution in [-0.4, -0.2) is 11.1 Å². The summed E-state index contributed by atoms with van der Waals surface area (Å²) in [5, 5.41) is 8.91. The average Bonchev–Trinajstić information content (AvgIpc) is 2.41. The summed E-state index contributed by atoms with van der Waals surface area (Å²) in [5.74, 6) is -1.08. The highest BCUT2D eigenvalue weighted by atomic mass is 32.2. The highest BCUT2D eigenvalue weighted by molar-refractivity contribution is 7.98. The zero-order valence-corrected chi connectivity index (χ0v) is 11.7. The van der Waals surface area contributed by atoms with Gasteiger partial charge in [0.05, 0.1) is 5.56 Å². The first-order chi connectivity index (χ1) is 9.47. The van der Waals surface area contributed by atoms with Gasteiger partial charge in [-0.3, -0.25) is 0 Å². The van der Waals surface area contributed by atoms with Crippen molar-refractivity contribution in [3.63, 3.8) is 0 Å². The standard InChI is InChI=1S/C15H14FNO2S/c1-9-6-12(3-5-14(9)17)20-8-11-7-10(15(18)19)2-4-13(11)16/h2-7H,8,17H2,1H3,(H,18,19). The number of anilines is 1. The van der Waals surface area contributed by atoms with E-state index in [1.165, 1.54) is 30.0 Å². The number of carbonyl (C=O) groups is 1. The van der Waals surface area contributed by atoms with Crippen LogP contribution in [0.4, 0.5) is 10.1 Å². The molecule has 0 aromatic heterocycles. The minimum absolute atomic E-state index is 0.0930. The van der Waals surface area contributed by atoms with Gasteiger partial charge in [-0.25, -0.2) is 9.18 Å². The highest BCUT2D eigenvalue weighted by Crippen LogP contribution is 2.27. The van der Waals surface area contributed by atoms with E-state index in [9.17, 15) is 9.18 Å². The first kappa shape index (κ1) is 14.4. The van der Waals surface area contributed by atoms with Gasteiger partial charge in [0.15, 0.2) is 0 Å². The Bertz CT molecular complexity index is 658. The normalized spacial score (nSPS) is 10.5. The van der Waals surface area contributed by atoms with Crippen molar-refractivity contribution in [2.75, 3.05) is 5.73 Å². The molecule has 0 radical (unpaired) electrons. The summed E-state index contributed by atoms with van der Waals surface area (Å²) >= 11 is 1.44. The van der Waals surface area contributed by atoms with E-state index in [2.05, 4.69) is 0 Å². The second kappa shape index (κ2) is 5.96. The molecule has 0 bridgehead atoms. The molecule has 0 atom stereocenters. The molecule has 104 valence electrons. The van der Waals surface area contributed by atoms with Crippen LogP contribution in [0.15, 0.2) is 41.3 Å². The molecule has 2 aromatic carbocycles. The van der Waals surface area contributed by atoms with Crippen molar-refractivity contribution in [1.29, 1.82) is 0 Å². The van der Waals surface area contributed by atoms with Crippen molar-refractivity contribution >= 4 is 23.4 Å². The van der Waals surface area contributed by atoms with E-state index in [-0.39, 0.29) is 5.56 Å². The minimum Gasteiger partial charge on any atom is -0.478 e. The predicted molar refractivity (Wildman–Crippen MR) is 78.5 cm³/mol. The quantitative estimate of drug-likeness (QED) is 0.666. The second-order valence-corrected chi connectivity index (χ2v) is 5.47. The van der Waals surface area contributed by atoms with Crippen LogP contribution in [0.5, 0.6) is 0 Å². The van der Waals surface area contributed by atoms with E-state index in [0.29, 0.717) is 17.0 Å². The molecule has 3 N–H and O–H groups in total. The Morgan fingerprint density at radius 2 is 2.05 bits per heavy atom. The lowest BCUT2D eigenvalue weighted by Crippen LogP contribution is -1.99. The fourth-order valence-electron chi connectivity index (χ4n) is 1.72. The van der Waals surface area contributed by atoms with Gasteiger partial charge in [-0.2, -0.15) is 0 Å². The van der Waals surface area contributed by atoms with Crippen molar-refractivity contribution < 1.29 is 14.3 Å². The Hall–Kier alpha value is -2.01. The molecule has 3 nitrogen and oxygen atoms in total. The number of aromatic carboxylic acids is 1. The van der Waals surface area contributed by atoms with E-state index in [1.807, 2.05) is 25.1 Å². The van der Waals surface area contributed by atoms with Crippen LogP contribution in [0, 0.1) is 12.7 Å². The number of aryl methyl sites for hydroxylation is 1. The Kier molecular flexibility index (Phi) is 4.29. The molecule has 0 aliphatic carbocycles. The number of nitrogen functional groups attached to an aromatic ring is 1. The topological polar surface area (TPSA) is 63.3 Å². The van der Waals surface area contributed by atoms with Crippen molar-refractivity contribution in [2.24, 2.45) is 0 Å². The Morgan fingerprint density at radius 1 is 1.30 bits per heavy atom. The number of thioether (sulfide) groups is 1. The summed E-state index contributed by atoms with van der Waals surface area (Å²) in [6.45, 7) is 1.91. The number of benzene rings is 2. The van der Waals surface area contributed by atoms with Gasteiger partial charge in [0, 0.05) is 16.3 Å². The van der Waals surface area contributed by atoms with Crippen molar-refractivity contribution in [3.8, 4) is 0 Å². The van der Waals surface area contributed by atoms with Gasteiger partial charge in [-0.05, 0) is 54.4 Å². The molecule has 0 unspecified atom stereocenters. The lowest BCUT2D eigenvalue weighted by molar-refractivity contribution is 0.0696. The number of carboxylic acid groups (broad SMARTS) is 1. The first-order valence-electron chi connectivity index (χ1n) is 5.98. The maximum Gasteiger partial charge on any atom is 0.335 e. The van der Waals surface area contributed by atoms with Gasteiger partial charge < -0.3 is 10.8 Å². The summed E-state index contributed by atoms with van der Waals surface area (Å²) < 4.78 is 13.7. The van der Waals surface area contributed by atoms with E-state index in [4.69, 9.17) is 10.8 Å². The number of nitrogens with two attached hydrogens (primary N) is 1. The smallest absolute Gasteiger partial charge is 0.335 e. The third-order valence-corrected chi connectivity index (χ3v) is 3.97. The van der Waals surface area contributed by atoms with Gasteiger partial charge in [0.2, 0.25) is 0 Å². The van der Waals surface area contributed by atoms with Crippen LogP contribution in [0.1, 0.15) is 21.5 Å². The zero-order valence-electron chi connectivity index (χ0n) is 10.9. The third kappa shape index (κ3) is 3.30. The average molecular weight is 291 g/mol. The highest BCUT2D eigenvalue weighted by Gasteiger charge is 2.09. The van der Waals surface area contributed by atoms with Crippen molar-refractivity contribution in [2.45, 2.75) is 17.6 Å². The van der Waals surface area contributed by atoms with Crippen LogP contribution in [0.25, 0.3) is 0 Å². The van der Waals surface area contributed by atoms with Crippen LogP contribution in [0.2, 0.25) is 0 Å². The molecule has 0 aliphatic heterocycles. The molecular formula is C15H14FNO2S. The molecule has 0 spiro atoms. The Balaban J connectivity index is 2.15. The van der Waals surface area contributed by atoms with Gasteiger partial charge in [-0.15, -0.1) is 11.8 Å². The molecule has 5 heteroatoms. The van der Waals surface area contributed by atoms with Crippen LogP contribution >= 0.6 is 11.8 Å². The maximum atomic E-state index is 13.7. The number of carboxylic acids is 1. The minimum atomic E-state index is -1.06. The van der Waals surface area contributed by atoms with Crippen LogP contribution in [-0.2, 0) is 5.75 Å². The SMILES string of the molecule is Cc1cc(SCc2cc(C(=O)O)ccc2F)ccc1N. The summed E-state index contributed by atoms with van der Waals surface area (Å²) in [4.78, 5) is 11.8. The molecule has 0 aliphatic rings. The summed E-state index contributed by atoms with van der Waals surface area (Å²) in [6.07, 6.45) is 0. The van der Waals surface area contributed by atoms with Crippen molar-refractivity contribution in [1.82, 2.24) is 0 Å². The number of rotatable bonds is 4.